The molecule has 2 rings (SSSR count). The fraction of sp³-hybridized carbons (Fsp3) is 0.385. The molecule has 0 atom stereocenters. The molecule has 1 aromatic carbocycles. The number of carbonyl (C=O) groups is 2. The van der Waals surface area contributed by atoms with Crippen LogP contribution in [0.25, 0.3) is 0 Å². The molecule has 1 saturated heterocycles. The first-order valence-electron chi connectivity index (χ1n) is 6.15. The minimum Gasteiger partial charge on any atom is -0.492 e. The Morgan fingerprint density at radius 2 is 1.89 bits per heavy atom. The van der Waals surface area contributed by atoms with Gasteiger partial charge >= 0.3 is 0 Å². The van der Waals surface area contributed by atoms with Crippen LogP contribution in [0.2, 0.25) is 0 Å². The highest BCUT2D eigenvalue weighted by molar-refractivity contribution is 5.99. The summed E-state index contributed by atoms with van der Waals surface area (Å²) in [6.45, 7) is 1.82. The van der Waals surface area contributed by atoms with Crippen LogP contribution in [0.3, 0.4) is 0 Å². The fourth-order valence-corrected chi connectivity index (χ4v) is 1.95. The lowest BCUT2D eigenvalue weighted by Crippen LogP contribution is -2.52. The molecule has 19 heavy (non-hydrogen) atoms. The number of nitrogens with two attached hydrogens (primary N) is 1. The van der Waals surface area contributed by atoms with Crippen LogP contribution in [0.15, 0.2) is 24.3 Å². The normalized spacial score (nSPS) is 16.3. The van der Waals surface area contributed by atoms with E-state index in [0.717, 1.165) is 11.3 Å². The molecule has 1 fully saturated rings. The maximum atomic E-state index is 11.2. The molecule has 1 heterocycles. The number of benzene rings is 1. The zero-order valence-corrected chi connectivity index (χ0v) is 10.6. The minimum absolute atomic E-state index is 0.230. The van der Waals surface area contributed by atoms with E-state index in [9.17, 15) is 9.59 Å². The maximum Gasteiger partial charge on any atom is 0.240 e. The summed E-state index contributed by atoms with van der Waals surface area (Å²) in [6, 6.07) is 7.55. The van der Waals surface area contributed by atoms with Crippen LogP contribution >= 0.6 is 0 Å². The molecule has 3 N–H and O–H groups in total. The van der Waals surface area contributed by atoms with E-state index in [1.165, 1.54) is 0 Å². The van der Waals surface area contributed by atoms with Crippen molar-refractivity contribution in [2.24, 2.45) is 5.73 Å². The van der Waals surface area contributed by atoms with Gasteiger partial charge in [0.2, 0.25) is 11.8 Å². The third-order valence-corrected chi connectivity index (χ3v) is 2.87. The van der Waals surface area contributed by atoms with Crippen molar-refractivity contribution in [3.8, 4) is 5.75 Å². The van der Waals surface area contributed by atoms with Crippen LogP contribution < -0.4 is 15.8 Å². The Bertz CT molecular complexity index is 460. The Labute approximate surface area is 111 Å². The fourth-order valence-electron chi connectivity index (χ4n) is 1.95. The number of carbonyl (C=O) groups excluding carboxylic acids is 2. The zero-order valence-electron chi connectivity index (χ0n) is 10.6. The summed E-state index contributed by atoms with van der Waals surface area (Å²) >= 11 is 0. The number of rotatable bonds is 5. The molecule has 0 radical (unpaired) electrons. The number of nitrogens with zero attached hydrogens (tertiary/aromatic N) is 1. The quantitative estimate of drug-likeness (QED) is 0.698. The number of ether oxygens (including phenoxy) is 1. The van der Waals surface area contributed by atoms with Crippen molar-refractivity contribution < 1.29 is 14.3 Å². The summed E-state index contributed by atoms with van der Waals surface area (Å²) in [5.74, 6) is 0.218. The van der Waals surface area contributed by atoms with Gasteiger partial charge in [-0.15, -0.1) is 0 Å². The maximum absolute atomic E-state index is 11.2. The zero-order chi connectivity index (χ0) is 13.7. The van der Waals surface area contributed by atoms with E-state index < -0.39 is 0 Å². The molecule has 1 aromatic rings. The van der Waals surface area contributed by atoms with Gasteiger partial charge in [-0.1, -0.05) is 18.2 Å². The highest BCUT2D eigenvalue weighted by Crippen LogP contribution is 2.16. The van der Waals surface area contributed by atoms with E-state index in [-0.39, 0.29) is 24.9 Å². The van der Waals surface area contributed by atoms with Crippen LogP contribution in [0.5, 0.6) is 5.75 Å². The number of piperazine rings is 1. The average molecular weight is 263 g/mol. The predicted molar refractivity (Wildman–Crippen MR) is 69.4 cm³/mol. The van der Waals surface area contributed by atoms with Crippen molar-refractivity contribution in [2.45, 2.75) is 6.54 Å². The second-order valence-corrected chi connectivity index (χ2v) is 4.34. The van der Waals surface area contributed by atoms with Crippen LogP contribution in [-0.4, -0.2) is 43.0 Å². The molecular formula is C13H17N3O3. The minimum atomic E-state index is -0.265. The lowest BCUT2D eigenvalue weighted by molar-refractivity contribution is -0.136. The van der Waals surface area contributed by atoms with E-state index in [2.05, 4.69) is 5.32 Å². The van der Waals surface area contributed by atoms with Crippen molar-refractivity contribution in [2.75, 3.05) is 26.2 Å². The molecule has 1 aliphatic rings. The van der Waals surface area contributed by atoms with Crippen molar-refractivity contribution in [3.05, 3.63) is 29.8 Å². The Kier molecular flexibility index (Phi) is 4.48. The summed E-state index contributed by atoms with van der Waals surface area (Å²) in [6.07, 6.45) is 0. The van der Waals surface area contributed by atoms with Crippen LogP contribution in [0.1, 0.15) is 5.56 Å². The van der Waals surface area contributed by atoms with Gasteiger partial charge in [0.15, 0.2) is 0 Å². The standard InChI is InChI=1S/C13H17N3O3/c14-7-10-3-1-2-4-11(10)19-6-5-16-8-12(17)15-13(18)9-16/h1-4H,5-9,14H2,(H,15,17,18). The van der Waals surface area contributed by atoms with Gasteiger partial charge in [-0.05, 0) is 6.07 Å². The Hall–Kier alpha value is -1.92. The first kappa shape index (κ1) is 13.5. The number of hydrogen-bond donors (Lipinski definition) is 2. The van der Waals surface area contributed by atoms with Gasteiger partial charge in [-0.3, -0.25) is 19.8 Å². The lowest BCUT2D eigenvalue weighted by Gasteiger charge is -2.25. The third kappa shape index (κ3) is 3.77. The third-order valence-electron chi connectivity index (χ3n) is 2.87. The molecule has 0 saturated carbocycles. The van der Waals surface area contributed by atoms with Gasteiger partial charge < -0.3 is 10.5 Å². The second-order valence-electron chi connectivity index (χ2n) is 4.34. The first-order chi connectivity index (χ1) is 9.19. The van der Waals surface area contributed by atoms with Crippen LogP contribution in [0.4, 0.5) is 0 Å². The second kappa shape index (κ2) is 6.31. The smallest absolute Gasteiger partial charge is 0.240 e. The molecule has 102 valence electrons. The highest BCUT2D eigenvalue weighted by Gasteiger charge is 2.21. The van der Waals surface area contributed by atoms with Gasteiger partial charge in [-0.25, -0.2) is 0 Å². The summed E-state index contributed by atoms with van der Waals surface area (Å²) < 4.78 is 5.64. The summed E-state index contributed by atoms with van der Waals surface area (Å²) in [5, 5.41) is 2.26. The van der Waals surface area contributed by atoms with E-state index in [0.29, 0.717) is 19.7 Å². The number of imide groups is 1. The number of para-hydroxylation sites is 1. The van der Waals surface area contributed by atoms with Crippen LogP contribution in [-0.2, 0) is 16.1 Å². The Morgan fingerprint density at radius 1 is 1.21 bits per heavy atom. The molecule has 0 aliphatic carbocycles. The summed E-state index contributed by atoms with van der Waals surface area (Å²) in [5.41, 5.74) is 6.55. The topological polar surface area (TPSA) is 84.7 Å². The molecule has 0 spiro atoms. The molecule has 0 bridgehead atoms. The van der Waals surface area contributed by atoms with Gasteiger partial charge in [0.1, 0.15) is 12.4 Å². The van der Waals surface area contributed by atoms with Gasteiger partial charge in [0.25, 0.3) is 0 Å². The first-order valence-corrected chi connectivity index (χ1v) is 6.15. The van der Waals surface area contributed by atoms with Crippen molar-refractivity contribution in [1.82, 2.24) is 10.2 Å². The lowest BCUT2D eigenvalue weighted by atomic mass is 10.2. The molecular weight excluding hydrogens is 246 g/mol. The van der Waals surface area contributed by atoms with Gasteiger partial charge in [-0.2, -0.15) is 0 Å². The summed E-state index contributed by atoms with van der Waals surface area (Å²) in [4.78, 5) is 24.1. The van der Waals surface area contributed by atoms with E-state index in [4.69, 9.17) is 10.5 Å². The van der Waals surface area contributed by atoms with E-state index in [1.54, 1.807) is 4.90 Å². The van der Waals surface area contributed by atoms with Crippen molar-refractivity contribution in [1.29, 1.82) is 0 Å². The monoisotopic (exact) mass is 263 g/mol. The number of nitrogens with one attached hydrogen (secondary N) is 1. The van der Waals surface area contributed by atoms with Crippen LogP contribution in [0, 0.1) is 0 Å². The molecule has 6 nitrogen and oxygen atoms in total. The number of hydrogen-bond acceptors (Lipinski definition) is 5. The Morgan fingerprint density at radius 3 is 2.58 bits per heavy atom. The van der Waals surface area contributed by atoms with E-state index in [1.807, 2.05) is 24.3 Å². The van der Waals surface area contributed by atoms with Gasteiger partial charge in [0.05, 0.1) is 13.1 Å². The van der Waals surface area contributed by atoms with Crippen molar-refractivity contribution in [3.63, 3.8) is 0 Å². The van der Waals surface area contributed by atoms with Gasteiger partial charge in [0, 0.05) is 18.7 Å². The van der Waals surface area contributed by atoms with Crippen molar-refractivity contribution >= 4 is 11.8 Å². The molecule has 2 amide bonds. The summed E-state index contributed by atoms with van der Waals surface area (Å²) in [7, 11) is 0. The largest absolute Gasteiger partial charge is 0.492 e. The predicted octanol–water partition coefficient (Wildman–Crippen LogP) is -0.517. The molecule has 1 aliphatic heterocycles. The van der Waals surface area contributed by atoms with E-state index >= 15 is 0 Å². The number of amides is 2. The SMILES string of the molecule is NCc1ccccc1OCCN1CC(=O)NC(=O)C1. The molecule has 0 aromatic heterocycles. The molecule has 0 unspecified atom stereocenters. The molecule has 6 heteroatoms. The highest BCUT2D eigenvalue weighted by atomic mass is 16.5. The Balaban J connectivity index is 1.83. The average Bonchev–Trinajstić information content (AvgIpc) is 2.38.